The Hall–Kier alpha value is -4.17. The van der Waals surface area contributed by atoms with Crippen molar-refractivity contribution >= 4 is 34.3 Å². The Morgan fingerprint density at radius 3 is 2.22 bits per heavy atom. The monoisotopic (exact) mass is 495 g/mol. The second-order valence-corrected chi connectivity index (χ2v) is 9.30. The van der Waals surface area contributed by atoms with Gasteiger partial charge in [0.1, 0.15) is 0 Å². The molecule has 0 fully saturated rings. The average Bonchev–Trinajstić information content (AvgIpc) is 3.35. The summed E-state index contributed by atoms with van der Waals surface area (Å²) in [5.74, 6) is 0.550. The smallest absolute Gasteiger partial charge is 0.263 e. The van der Waals surface area contributed by atoms with E-state index in [1.807, 2.05) is 90.3 Å². The summed E-state index contributed by atoms with van der Waals surface area (Å²) in [5, 5.41) is 9.73. The number of rotatable bonds is 8. The fourth-order valence-electron chi connectivity index (χ4n) is 4.40. The van der Waals surface area contributed by atoms with Gasteiger partial charge in [0.25, 0.3) is 5.56 Å². The number of allylic oxidation sites excluding steroid dienone is 1. The summed E-state index contributed by atoms with van der Waals surface area (Å²) in [4.78, 5) is 28.2. The summed E-state index contributed by atoms with van der Waals surface area (Å²) in [6.45, 7) is 4.08. The Kier molecular flexibility index (Phi) is 6.69. The molecule has 2 heterocycles. The predicted molar refractivity (Wildman–Crippen MR) is 143 cm³/mol. The molecule has 36 heavy (non-hydrogen) atoms. The van der Waals surface area contributed by atoms with Gasteiger partial charge in [-0.05, 0) is 23.3 Å². The van der Waals surface area contributed by atoms with Crippen LogP contribution in [0.25, 0.3) is 16.7 Å². The lowest BCUT2D eigenvalue weighted by Crippen LogP contribution is -2.33. The summed E-state index contributed by atoms with van der Waals surface area (Å²) >= 11 is 1.31. The number of para-hydroxylation sites is 1. The van der Waals surface area contributed by atoms with Crippen LogP contribution in [-0.4, -0.2) is 42.8 Å². The normalized spacial score (nSPS) is 11.3. The van der Waals surface area contributed by atoms with E-state index in [1.165, 1.54) is 11.8 Å². The fraction of sp³-hybridized carbons (Fsp3) is 0.143. The first-order chi connectivity index (χ1) is 17.6. The van der Waals surface area contributed by atoms with E-state index in [1.54, 1.807) is 21.6 Å². The number of amides is 1. The second-order valence-electron chi connectivity index (χ2n) is 8.36. The zero-order chi connectivity index (χ0) is 25.1. The van der Waals surface area contributed by atoms with E-state index in [4.69, 9.17) is 0 Å². The van der Waals surface area contributed by atoms with Crippen LogP contribution in [0.5, 0.6) is 0 Å². The van der Waals surface area contributed by atoms with Crippen LogP contribution >= 0.6 is 11.8 Å². The number of carbonyl (C=O) groups is 1. The van der Waals surface area contributed by atoms with Gasteiger partial charge in [0.2, 0.25) is 11.7 Å². The highest BCUT2D eigenvalue weighted by atomic mass is 32.2. The molecule has 0 bridgehead atoms. The number of aromatic nitrogens is 4. The summed E-state index contributed by atoms with van der Waals surface area (Å²) in [6, 6.07) is 27.1. The van der Waals surface area contributed by atoms with Crippen LogP contribution in [-0.2, 0) is 11.3 Å². The van der Waals surface area contributed by atoms with E-state index in [9.17, 15) is 9.59 Å². The Labute approximate surface area is 212 Å². The van der Waals surface area contributed by atoms with Crippen LogP contribution in [0.3, 0.4) is 0 Å². The van der Waals surface area contributed by atoms with Gasteiger partial charge in [0, 0.05) is 13.6 Å². The molecule has 1 amide bonds. The van der Waals surface area contributed by atoms with Crippen molar-refractivity contribution in [2.75, 3.05) is 12.8 Å². The molecule has 8 heteroatoms. The molecule has 0 saturated heterocycles. The van der Waals surface area contributed by atoms with Gasteiger partial charge >= 0.3 is 0 Å². The fourth-order valence-corrected chi connectivity index (χ4v) is 5.27. The van der Waals surface area contributed by atoms with E-state index >= 15 is 0 Å². The van der Waals surface area contributed by atoms with E-state index in [0.29, 0.717) is 28.4 Å². The van der Waals surface area contributed by atoms with E-state index in [0.717, 1.165) is 11.1 Å². The highest BCUT2D eigenvalue weighted by molar-refractivity contribution is 7.99. The molecule has 180 valence electrons. The minimum atomic E-state index is -0.214. The van der Waals surface area contributed by atoms with Crippen molar-refractivity contribution < 1.29 is 4.79 Å². The molecule has 0 aliphatic rings. The van der Waals surface area contributed by atoms with Crippen LogP contribution in [0.1, 0.15) is 17.2 Å². The van der Waals surface area contributed by atoms with Gasteiger partial charge in [0.15, 0.2) is 5.16 Å². The lowest BCUT2D eigenvalue weighted by molar-refractivity contribution is -0.128. The van der Waals surface area contributed by atoms with E-state index in [-0.39, 0.29) is 23.3 Å². The first-order valence-corrected chi connectivity index (χ1v) is 12.5. The van der Waals surface area contributed by atoms with Gasteiger partial charge in [0.05, 0.1) is 22.7 Å². The van der Waals surface area contributed by atoms with Gasteiger partial charge < -0.3 is 4.90 Å². The maximum Gasteiger partial charge on any atom is 0.263 e. The van der Waals surface area contributed by atoms with Crippen LogP contribution in [0.15, 0.2) is 108 Å². The van der Waals surface area contributed by atoms with Crippen molar-refractivity contribution in [3.8, 4) is 0 Å². The predicted octanol–water partition coefficient (Wildman–Crippen LogP) is 4.57. The minimum Gasteiger partial charge on any atom is -0.334 e. The quantitative estimate of drug-likeness (QED) is 0.233. The van der Waals surface area contributed by atoms with E-state index in [2.05, 4.69) is 16.8 Å². The zero-order valence-electron chi connectivity index (χ0n) is 19.8. The molecule has 0 aliphatic carbocycles. The highest BCUT2D eigenvalue weighted by Gasteiger charge is 2.24. The third-order valence-electron chi connectivity index (χ3n) is 6.13. The largest absolute Gasteiger partial charge is 0.334 e. The standard InChI is InChI=1S/C28H25N5O2S/c1-3-18-32-26(35)22-16-10-11-17-23(22)33-27(32)29-30-28(33)36-19-24(34)31(2)25(20-12-6-4-7-13-20)21-14-8-5-9-15-21/h3-17,25H,1,18-19H2,2H3. The van der Waals surface area contributed by atoms with Gasteiger partial charge in [-0.3, -0.25) is 18.6 Å². The summed E-state index contributed by atoms with van der Waals surface area (Å²) in [6.07, 6.45) is 1.66. The van der Waals surface area contributed by atoms with Crippen LogP contribution in [0, 0.1) is 0 Å². The number of benzene rings is 3. The van der Waals surface area contributed by atoms with Gasteiger partial charge in [-0.15, -0.1) is 16.8 Å². The summed E-state index contributed by atoms with van der Waals surface area (Å²) < 4.78 is 3.38. The molecule has 5 rings (SSSR count). The third kappa shape index (κ3) is 4.31. The van der Waals surface area contributed by atoms with Crippen molar-refractivity contribution in [2.24, 2.45) is 0 Å². The van der Waals surface area contributed by atoms with Crippen molar-refractivity contribution in [2.45, 2.75) is 17.7 Å². The van der Waals surface area contributed by atoms with Crippen molar-refractivity contribution in [3.63, 3.8) is 0 Å². The van der Waals surface area contributed by atoms with Crippen LogP contribution < -0.4 is 5.56 Å². The maximum absolute atomic E-state index is 13.4. The Balaban J connectivity index is 1.47. The number of hydrogen-bond acceptors (Lipinski definition) is 5. The van der Waals surface area contributed by atoms with Crippen molar-refractivity contribution in [1.29, 1.82) is 0 Å². The van der Waals surface area contributed by atoms with Crippen LogP contribution in [0.4, 0.5) is 0 Å². The highest BCUT2D eigenvalue weighted by Crippen LogP contribution is 2.29. The first kappa shape index (κ1) is 23.6. The molecule has 5 aromatic rings. The molecule has 3 aromatic carbocycles. The van der Waals surface area contributed by atoms with Crippen LogP contribution in [0.2, 0.25) is 0 Å². The molecular formula is C28H25N5O2S. The average molecular weight is 496 g/mol. The Bertz CT molecular complexity index is 1560. The molecule has 0 aliphatic heterocycles. The molecular weight excluding hydrogens is 470 g/mol. The number of nitrogens with zero attached hydrogens (tertiary/aromatic N) is 5. The van der Waals surface area contributed by atoms with Crippen molar-refractivity contribution in [3.05, 3.63) is 119 Å². The number of carbonyl (C=O) groups excluding carboxylic acids is 1. The molecule has 2 aromatic heterocycles. The van der Waals surface area contributed by atoms with Gasteiger partial charge in [-0.25, -0.2) is 0 Å². The maximum atomic E-state index is 13.4. The van der Waals surface area contributed by atoms with Gasteiger partial charge in [-0.1, -0.05) is 90.6 Å². The lowest BCUT2D eigenvalue weighted by atomic mass is 9.97. The molecule has 0 unspecified atom stereocenters. The number of fused-ring (bicyclic) bond motifs is 3. The molecule has 0 N–H and O–H groups in total. The van der Waals surface area contributed by atoms with Crippen molar-refractivity contribution in [1.82, 2.24) is 24.1 Å². The van der Waals surface area contributed by atoms with Gasteiger partial charge in [-0.2, -0.15) is 0 Å². The Morgan fingerprint density at radius 2 is 1.58 bits per heavy atom. The number of thioether (sulfide) groups is 1. The molecule has 0 atom stereocenters. The topological polar surface area (TPSA) is 72.5 Å². The summed E-state index contributed by atoms with van der Waals surface area (Å²) in [7, 11) is 1.83. The molecule has 0 spiro atoms. The first-order valence-electron chi connectivity index (χ1n) is 11.6. The SMILES string of the molecule is C=CCn1c(=O)c2ccccc2n2c(SCC(=O)N(C)C(c3ccccc3)c3ccccc3)nnc12. The van der Waals surface area contributed by atoms with E-state index < -0.39 is 0 Å². The Morgan fingerprint density at radius 1 is 0.972 bits per heavy atom. The lowest BCUT2D eigenvalue weighted by Gasteiger charge is -2.29. The second kappa shape index (κ2) is 10.2. The summed E-state index contributed by atoms with van der Waals surface area (Å²) in [5.41, 5.74) is 2.64. The third-order valence-corrected chi connectivity index (χ3v) is 7.04. The molecule has 7 nitrogen and oxygen atoms in total. The zero-order valence-corrected chi connectivity index (χ0v) is 20.6. The molecule has 0 radical (unpaired) electrons. The molecule has 0 saturated carbocycles. The number of hydrogen-bond donors (Lipinski definition) is 0. The minimum absolute atomic E-state index is 0.0434.